The summed E-state index contributed by atoms with van der Waals surface area (Å²) in [6.45, 7) is 3.15. The van der Waals surface area contributed by atoms with Crippen LogP contribution in [0, 0.1) is 0 Å². The number of fused-ring (bicyclic) bond motifs is 1. The Morgan fingerprint density at radius 3 is 2.66 bits per heavy atom. The van der Waals surface area contributed by atoms with Gasteiger partial charge in [0.1, 0.15) is 18.1 Å². The normalized spacial score (nSPS) is 14.9. The molecule has 2 aromatic carbocycles. The molecule has 2 aromatic heterocycles. The van der Waals surface area contributed by atoms with Crippen LogP contribution in [0.5, 0.6) is 5.75 Å². The fourth-order valence-electron chi connectivity index (χ4n) is 4.42. The van der Waals surface area contributed by atoms with E-state index in [1.54, 1.807) is 24.3 Å². The van der Waals surface area contributed by atoms with E-state index in [-0.39, 0.29) is 30.2 Å². The summed E-state index contributed by atoms with van der Waals surface area (Å²) in [6, 6.07) is 22.5. The van der Waals surface area contributed by atoms with Gasteiger partial charge in [-0.25, -0.2) is 0 Å². The van der Waals surface area contributed by atoms with Gasteiger partial charge in [-0.15, -0.1) is 0 Å². The average Bonchev–Trinajstić information content (AvgIpc) is 3.60. The number of hydrogen-bond acceptors (Lipinski definition) is 5. The van der Waals surface area contributed by atoms with E-state index < -0.39 is 0 Å². The first-order valence-electron chi connectivity index (χ1n) is 11.7. The Morgan fingerprint density at radius 2 is 1.89 bits per heavy atom. The van der Waals surface area contributed by atoms with Crippen molar-refractivity contribution >= 4 is 11.8 Å². The maximum absolute atomic E-state index is 13.3. The molecule has 0 aliphatic carbocycles. The van der Waals surface area contributed by atoms with Crippen molar-refractivity contribution in [2.75, 3.05) is 13.1 Å². The van der Waals surface area contributed by atoms with Crippen molar-refractivity contribution in [1.82, 2.24) is 10.2 Å². The number of benzene rings is 2. The summed E-state index contributed by atoms with van der Waals surface area (Å²) in [5, 5.41) is 2.71. The van der Waals surface area contributed by atoms with Crippen molar-refractivity contribution in [1.29, 1.82) is 0 Å². The predicted octanol–water partition coefficient (Wildman–Crippen LogP) is 4.99. The monoisotopic (exact) mass is 470 g/mol. The first-order valence-corrected chi connectivity index (χ1v) is 11.7. The summed E-state index contributed by atoms with van der Waals surface area (Å²) in [5.74, 6) is 1.40. The van der Waals surface area contributed by atoms with Crippen molar-refractivity contribution in [3.05, 3.63) is 113 Å². The lowest BCUT2D eigenvalue weighted by Crippen LogP contribution is -2.40. The predicted molar refractivity (Wildman–Crippen MR) is 129 cm³/mol. The molecule has 1 atom stereocenters. The second kappa shape index (κ2) is 9.93. The van der Waals surface area contributed by atoms with E-state index in [1.165, 1.54) is 11.8 Å². The van der Waals surface area contributed by atoms with Crippen LogP contribution in [0.1, 0.15) is 56.5 Å². The molecule has 1 N–H and O–H groups in total. The minimum absolute atomic E-state index is 0.144. The smallest absolute Gasteiger partial charge is 0.290 e. The van der Waals surface area contributed by atoms with Gasteiger partial charge in [0.05, 0.1) is 12.3 Å². The second-order valence-corrected chi connectivity index (χ2v) is 8.31. The van der Waals surface area contributed by atoms with Gasteiger partial charge in [-0.1, -0.05) is 36.4 Å². The van der Waals surface area contributed by atoms with Gasteiger partial charge in [0.2, 0.25) is 0 Å². The highest BCUT2D eigenvalue weighted by Gasteiger charge is 2.34. The molecule has 1 unspecified atom stereocenters. The number of nitrogens with one attached hydrogen (secondary N) is 1. The number of rotatable bonds is 7. The van der Waals surface area contributed by atoms with Gasteiger partial charge in [0.15, 0.2) is 11.5 Å². The van der Waals surface area contributed by atoms with Gasteiger partial charge < -0.3 is 23.8 Å². The van der Waals surface area contributed by atoms with Gasteiger partial charge in [-0.2, -0.15) is 0 Å². The molecule has 0 saturated carbocycles. The summed E-state index contributed by atoms with van der Waals surface area (Å²) in [6.07, 6.45) is 2.25. The minimum Gasteiger partial charge on any atom is -0.486 e. The van der Waals surface area contributed by atoms with Gasteiger partial charge >= 0.3 is 0 Å². The first kappa shape index (κ1) is 22.5. The van der Waals surface area contributed by atoms with Gasteiger partial charge in [-0.3, -0.25) is 9.59 Å². The Kier molecular flexibility index (Phi) is 6.39. The summed E-state index contributed by atoms with van der Waals surface area (Å²) in [7, 11) is 0. The van der Waals surface area contributed by atoms with Crippen LogP contribution in [0.4, 0.5) is 0 Å². The summed E-state index contributed by atoms with van der Waals surface area (Å²) in [5.41, 5.74) is 3.21. The van der Waals surface area contributed by atoms with Crippen LogP contribution >= 0.6 is 0 Å². The van der Waals surface area contributed by atoms with Gasteiger partial charge in [0.25, 0.3) is 11.8 Å². The quantitative estimate of drug-likeness (QED) is 0.411. The maximum atomic E-state index is 13.3. The molecule has 0 saturated heterocycles. The summed E-state index contributed by atoms with van der Waals surface area (Å²) in [4.78, 5) is 27.1. The highest BCUT2D eigenvalue weighted by molar-refractivity contribution is 5.92. The first-order chi connectivity index (χ1) is 17.1. The molecule has 3 heterocycles. The van der Waals surface area contributed by atoms with Crippen LogP contribution < -0.4 is 10.1 Å². The SMILES string of the molecule is CCNC(=O)c1ccc(COc2ccc3c(c2)C(c2ccccc2)N(C(=O)c2ccco2)CC3)o1. The lowest BCUT2D eigenvalue weighted by atomic mass is 9.87. The van der Waals surface area contributed by atoms with Gasteiger partial charge in [0, 0.05) is 13.1 Å². The van der Waals surface area contributed by atoms with Crippen molar-refractivity contribution in [3.8, 4) is 5.75 Å². The number of amides is 2. The van der Waals surface area contributed by atoms with Crippen LogP contribution in [0.3, 0.4) is 0 Å². The molecule has 5 rings (SSSR count). The fraction of sp³-hybridized carbons (Fsp3) is 0.214. The Morgan fingerprint density at radius 1 is 1.03 bits per heavy atom. The molecule has 0 radical (unpaired) electrons. The standard InChI is InChI=1S/C28H26N2O5/c1-2-29-27(31)24-13-12-22(35-24)18-34-21-11-10-19-14-15-30(28(32)25-9-6-16-33-25)26(23(19)17-21)20-7-4-3-5-8-20/h3-13,16-17,26H,2,14-15,18H2,1H3,(H,29,31). The maximum Gasteiger partial charge on any atom is 0.290 e. The highest BCUT2D eigenvalue weighted by atomic mass is 16.5. The average molecular weight is 471 g/mol. The number of hydrogen-bond donors (Lipinski definition) is 1. The third-order valence-corrected chi connectivity index (χ3v) is 6.06. The molecular formula is C28H26N2O5. The Hall–Kier alpha value is -4.26. The van der Waals surface area contributed by atoms with E-state index in [0.717, 1.165) is 17.5 Å². The summed E-state index contributed by atoms with van der Waals surface area (Å²) >= 11 is 0. The number of carbonyl (C=O) groups is 2. The molecule has 0 fully saturated rings. The number of nitrogens with zero attached hydrogens (tertiary/aromatic N) is 1. The zero-order valence-electron chi connectivity index (χ0n) is 19.4. The van der Waals surface area contributed by atoms with E-state index in [0.29, 0.717) is 30.4 Å². The van der Waals surface area contributed by atoms with E-state index >= 15 is 0 Å². The Bertz CT molecular complexity index is 1310. The third-order valence-electron chi connectivity index (χ3n) is 6.06. The Labute approximate surface area is 203 Å². The molecular weight excluding hydrogens is 444 g/mol. The van der Waals surface area contributed by atoms with E-state index in [1.807, 2.05) is 54.3 Å². The lowest BCUT2D eigenvalue weighted by molar-refractivity contribution is 0.0661. The van der Waals surface area contributed by atoms with Crippen LogP contribution in [0.25, 0.3) is 0 Å². The number of carbonyl (C=O) groups excluding carboxylic acids is 2. The summed E-state index contributed by atoms with van der Waals surface area (Å²) < 4.78 is 17.0. The highest BCUT2D eigenvalue weighted by Crippen LogP contribution is 2.38. The molecule has 0 bridgehead atoms. The molecule has 2 amide bonds. The van der Waals surface area contributed by atoms with E-state index in [2.05, 4.69) is 11.4 Å². The third kappa shape index (κ3) is 4.71. The van der Waals surface area contributed by atoms with E-state index in [4.69, 9.17) is 13.6 Å². The molecule has 178 valence electrons. The molecule has 7 heteroatoms. The molecule has 35 heavy (non-hydrogen) atoms. The van der Waals surface area contributed by atoms with Crippen LogP contribution in [0.15, 0.2) is 87.9 Å². The zero-order chi connectivity index (χ0) is 24.2. The van der Waals surface area contributed by atoms with Crippen LogP contribution in [-0.4, -0.2) is 29.8 Å². The molecule has 4 aromatic rings. The Balaban J connectivity index is 1.41. The number of ether oxygens (including phenoxy) is 1. The lowest BCUT2D eigenvalue weighted by Gasteiger charge is -2.37. The minimum atomic E-state index is -0.269. The topological polar surface area (TPSA) is 84.9 Å². The number of furan rings is 2. The van der Waals surface area contributed by atoms with Crippen LogP contribution in [-0.2, 0) is 13.0 Å². The zero-order valence-corrected chi connectivity index (χ0v) is 19.4. The molecule has 0 spiro atoms. The van der Waals surface area contributed by atoms with E-state index in [9.17, 15) is 9.59 Å². The fourth-order valence-corrected chi connectivity index (χ4v) is 4.42. The largest absolute Gasteiger partial charge is 0.486 e. The molecule has 1 aliphatic rings. The molecule has 7 nitrogen and oxygen atoms in total. The van der Waals surface area contributed by atoms with Crippen LogP contribution in [0.2, 0.25) is 0 Å². The second-order valence-electron chi connectivity index (χ2n) is 8.31. The van der Waals surface area contributed by atoms with Crippen molar-refractivity contribution < 1.29 is 23.2 Å². The van der Waals surface area contributed by atoms with Crippen molar-refractivity contribution in [2.24, 2.45) is 0 Å². The van der Waals surface area contributed by atoms with Crippen molar-refractivity contribution in [2.45, 2.75) is 26.0 Å². The molecule has 1 aliphatic heterocycles. The van der Waals surface area contributed by atoms with Gasteiger partial charge in [-0.05, 0) is 66.4 Å². The van der Waals surface area contributed by atoms with Crippen molar-refractivity contribution in [3.63, 3.8) is 0 Å².